The van der Waals surface area contributed by atoms with Gasteiger partial charge in [0.2, 0.25) is 0 Å². The van der Waals surface area contributed by atoms with Gasteiger partial charge in [-0.1, -0.05) is 12.2 Å². The quantitative estimate of drug-likeness (QED) is 0.693. The molecule has 88 valence electrons. The first-order valence-corrected chi connectivity index (χ1v) is 6.89. The highest BCUT2D eigenvalue weighted by Gasteiger charge is 2.08. The predicted molar refractivity (Wildman–Crippen MR) is 66.1 cm³/mol. The van der Waals surface area contributed by atoms with Gasteiger partial charge in [-0.15, -0.1) is 0 Å². The van der Waals surface area contributed by atoms with Crippen molar-refractivity contribution < 1.29 is 8.42 Å². The molecule has 0 bridgehead atoms. The standard InChI is InChI=1S/C8H12N4O2S2/c1-16(13,14)5-4-12-8-6(7(9)15)10-2-3-11-8/h2-3H,4-5H2,1H3,(H2,9,15)(H,11,12). The molecule has 0 spiro atoms. The van der Waals surface area contributed by atoms with E-state index >= 15 is 0 Å². The van der Waals surface area contributed by atoms with Crippen molar-refractivity contribution in [1.29, 1.82) is 0 Å². The largest absolute Gasteiger partial charge is 0.388 e. The average molecular weight is 260 g/mol. The summed E-state index contributed by atoms with van der Waals surface area (Å²) in [5, 5.41) is 2.83. The van der Waals surface area contributed by atoms with Crippen LogP contribution in [0.15, 0.2) is 12.4 Å². The minimum Gasteiger partial charge on any atom is -0.388 e. The molecule has 0 radical (unpaired) electrons. The van der Waals surface area contributed by atoms with Crippen molar-refractivity contribution in [3.05, 3.63) is 18.1 Å². The van der Waals surface area contributed by atoms with E-state index in [9.17, 15) is 8.42 Å². The number of rotatable bonds is 5. The molecule has 0 aliphatic carbocycles. The predicted octanol–water partition coefficient (Wildman–Crippen LogP) is -0.433. The maximum Gasteiger partial charge on any atom is 0.155 e. The fourth-order valence-corrected chi connectivity index (χ4v) is 1.62. The van der Waals surface area contributed by atoms with E-state index in [-0.39, 0.29) is 17.3 Å². The van der Waals surface area contributed by atoms with Gasteiger partial charge in [-0.25, -0.2) is 18.4 Å². The number of nitrogens with two attached hydrogens (primary N) is 1. The molecule has 0 amide bonds. The van der Waals surface area contributed by atoms with Crippen LogP contribution in [0.2, 0.25) is 0 Å². The van der Waals surface area contributed by atoms with Crippen LogP contribution in [0.3, 0.4) is 0 Å². The zero-order chi connectivity index (χ0) is 12.2. The van der Waals surface area contributed by atoms with E-state index in [1.807, 2.05) is 0 Å². The van der Waals surface area contributed by atoms with E-state index in [0.717, 1.165) is 0 Å². The van der Waals surface area contributed by atoms with E-state index < -0.39 is 9.84 Å². The van der Waals surface area contributed by atoms with E-state index in [1.165, 1.54) is 18.6 Å². The van der Waals surface area contributed by atoms with Crippen LogP contribution in [0, 0.1) is 0 Å². The minimum absolute atomic E-state index is 0.0142. The van der Waals surface area contributed by atoms with Crippen LogP contribution in [0.1, 0.15) is 5.69 Å². The summed E-state index contributed by atoms with van der Waals surface area (Å²) in [7, 11) is -3.00. The SMILES string of the molecule is CS(=O)(=O)CCNc1nccnc1C(N)=S. The number of anilines is 1. The maximum absolute atomic E-state index is 10.9. The number of nitrogens with zero attached hydrogens (tertiary/aromatic N) is 2. The van der Waals surface area contributed by atoms with Gasteiger partial charge in [0.05, 0.1) is 5.75 Å². The van der Waals surface area contributed by atoms with Crippen molar-refractivity contribution in [3.63, 3.8) is 0 Å². The smallest absolute Gasteiger partial charge is 0.155 e. The van der Waals surface area contributed by atoms with Crippen LogP contribution in [-0.2, 0) is 9.84 Å². The third-order valence-corrected chi connectivity index (χ3v) is 2.84. The number of sulfone groups is 1. The molecule has 0 aliphatic heterocycles. The molecule has 1 rings (SSSR count). The van der Waals surface area contributed by atoms with Crippen LogP contribution in [0.25, 0.3) is 0 Å². The summed E-state index contributed by atoms with van der Waals surface area (Å²) >= 11 is 4.79. The van der Waals surface area contributed by atoms with Crippen molar-refractivity contribution >= 4 is 32.9 Å². The summed E-state index contributed by atoms with van der Waals surface area (Å²) in [6.45, 7) is 0.243. The number of aromatic nitrogens is 2. The second-order valence-electron chi connectivity index (χ2n) is 3.17. The molecule has 0 saturated heterocycles. The van der Waals surface area contributed by atoms with Gasteiger partial charge in [0, 0.05) is 25.2 Å². The molecule has 1 heterocycles. The van der Waals surface area contributed by atoms with Crippen LogP contribution in [0.5, 0.6) is 0 Å². The molecular weight excluding hydrogens is 248 g/mol. The van der Waals surface area contributed by atoms with Crippen molar-refractivity contribution in [3.8, 4) is 0 Å². The number of thiocarbonyl (C=S) groups is 1. The highest BCUT2D eigenvalue weighted by Crippen LogP contribution is 2.07. The second-order valence-corrected chi connectivity index (χ2v) is 5.87. The highest BCUT2D eigenvalue weighted by atomic mass is 32.2. The topological polar surface area (TPSA) is 98.0 Å². The van der Waals surface area contributed by atoms with Crippen LogP contribution >= 0.6 is 12.2 Å². The lowest BCUT2D eigenvalue weighted by Crippen LogP contribution is -2.19. The lowest BCUT2D eigenvalue weighted by atomic mass is 10.4. The van der Waals surface area contributed by atoms with Crippen LogP contribution in [0.4, 0.5) is 5.82 Å². The summed E-state index contributed by atoms with van der Waals surface area (Å²) in [6, 6.07) is 0. The Morgan fingerprint density at radius 3 is 2.69 bits per heavy atom. The normalized spacial score (nSPS) is 11.1. The monoisotopic (exact) mass is 260 g/mol. The van der Waals surface area contributed by atoms with Crippen molar-refractivity contribution in [2.24, 2.45) is 5.73 Å². The first-order chi connectivity index (χ1) is 7.40. The lowest BCUT2D eigenvalue weighted by Gasteiger charge is -2.07. The van der Waals surface area contributed by atoms with Crippen molar-refractivity contribution in [2.75, 3.05) is 23.9 Å². The van der Waals surface area contributed by atoms with Gasteiger partial charge < -0.3 is 11.1 Å². The molecule has 1 aromatic rings. The van der Waals surface area contributed by atoms with Crippen LogP contribution < -0.4 is 11.1 Å². The Kier molecular flexibility index (Phi) is 4.13. The first kappa shape index (κ1) is 12.8. The molecule has 16 heavy (non-hydrogen) atoms. The van der Waals surface area contributed by atoms with Gasteiger partial charge in [-0.2, -0.15) is 0 Å². The maximum atomic E-state index is 10.9. The summed E-state index contributed by atoms with van der Waals surface area (Å²) in [4.78, 5) is 8.06. The van der Waals surface area contributed by atoms with E-state index in [1.54, 1.807) is 0 Å². The molecule has 0 aliphatic rings. The molecule has 0 fully saturated rings. The highest BCUT2D eigenvalue weighted by molar-refractivity contribution is 7.90. The van der Waals surface area contributed by atoms with Gasteiger partial charge in [0.15, 0.2) is 5.82 Å². The molecule has 8 heteroatoms. The lowest BCUT2D eigenvalue weighted by molar-refractivity contribution is 0.602. The Balaban J connectivity index is 2.71. The van der Waals surface area contributed by atoms with E-state index in [2.05, 4.69) is 15.3 Å². The summed E-state index contributed by atoms with van der Waals surface area (Å²) in [6.07, 6.45) is 4.11. The molecule has 0 aromatic carbocycles. The molecule has 0 unspecified atom stereocenters. The second kappa shape index (κ2) is 5.17. The molecule has 6 nitrogen and oxygen atoms in total. The first-order valence-electron chi connectivity index (χ1n) is 4.42. The fourth-order valence-electron chi connectivity index (χ4n) is 1.00. The van der Waals surface area contributed by atoms with Gasteiger partial charge in [-0.3, -0.25) is 0 Å². The van der Waals surface area contributed by atoms with Crippen molar-refractivity contribution in [1.82, 2.24) is 9.97 Å². The Morgan fingerprint density at radius 2 is 2.12 bits per heavy atom. The molecule has 0 saturated carbocycles. The van der Waals surface area contributed by atoms with Crippen LogP contribution in [-0.4, -0.2) is 41.9 Å². The summed E-state index contributed by atoms with van der Waals surface area (Å²) in [5.41, 5.74) is 5.81. The minimum atomic E-state index is -3.00. The van der Waals surface area contributed by atoms with Gasteiger partial charge >= 0.3 is 0 Å². The number of hydrogen-bond acceptors (Lipinski definition) is 6. The molecule has 1 aromatic heterocycles. The molecule has 0 atom stereocenters. The Morgan fingerprint density at radius 1 is 1.50 bits per heavy atom. The Hall–Kier alpha value is -1.28. The van der Waals surface area contributed by atoms with Gasteiger partial charge in [0.25, 0.3) is 0 Å². The van der Waals surface area contributed by atoms with Gasteiger partial charge in [-0.05, 0) is 0 Å². The zero-order valence-electron chi connectivity index (χ0n) is 8.67. The fraction of sp³-hybridized carbons (Fsp3) is 0.375. The third kappa shape index (κ3) is 4.07. The number of nitrogens with one attached hydrogen (secondary N) is 1. The van der Waals surface area contributed by atoms with Gasteiger partial charge in [0.1, 0.15) is 20.5 Å². The Bertz CT molecular complexity index is 487. The Labute approximate surface area is 99.2 Å². The van der Waals surface area contributed by atoms with E-state index in [0.29, 0.717) is 11.5 Å². The third-order valence-electron chi connectivity index (χ3n) is 1.70. The average Bonchev–Trinajstić information content (AvgIpc) is 2.16. The molecule has 3 N–H and O–H groups in total. The molecular formula is C8H12N4O2S2. The summed E-state index contributed by atoms with van der Waals surface area (Å²) in [5.74, 6) is 0.416. The van der Waals surface area contributed by atoms with E-state index in [4.69, 9.17) is 18.0 Å². The zero-order valence-corrected chi connectivity index (χ0v) is 10.3. The van der Waals surface area contributed by atoms with Crippen molar-refractivity contribution in [2.45, 2.75) is 0 Å². The number of hydrogen-bond donors (Lipinski definition) is 2. The summed E-state index contributed by atoms with van der Waals surface area (Å²) < 4.78 is 21.8.